The quantitative estimate of drug-likeness (QED) is 0.290. The van der Waals surface area contributed by atoms with Crippen molar-refractivity contribution in [3.8, 4) is 0 Å². The van der Waals surface area contributed by atoms with Crippen LogP contribution in [-0.4, -0.2) is 55.6 Å². The number of benzene rings is 2. The van der Waals surface area contributed by atoms with Crippen molar-refractivity contribution in [3.63, 3.8) is 0 Å². The molecule has 0 bridgehead atoms. The van der Waals surface area contributed by atoms with Gasteiger partial charge in [0, 0.05) is 6.42 Å². The number of hydrogen-bond donors (Lipinski definition) is 3. The maximum absolute atomic E-state index is 12.3. The Balaban J connectivity index is 1.09. The third-order valence-corrected chi connectivity index (χ3v) is 6.99. The lowest BCUT2D eigenvalue weighted by molar-refractivity contribution is -0.427. The van der Waals surface area contributed by atoms with E-state index in [9.17, 15) is 9.59 Å². The molecule has 3 N–H and O–H groups in total. The third-order valence-electron chi connectivity index (χ3n) is 5.35. The van der Waals surface area contributed by atoms with Crippen LogP contribution in [0.1, 0.15) is 17.5 Å². The molecule has 182 valence electrons. The standard InChI is InChI=1S/C24H22N8O2S2/c33-19(13-16-7-3-1-4-8-16)26-22-29-28-21(35-22)25-18-11-12-32(15-18)24-31-30-23(36-24)27-20(34)14-17-9-5-2-6-10-17/h1-10,12,18H,11,13-15H2,(H2-,25,26,27,28,29,30,33,34)/p+1/t18-/m1/s1. The SMILES string of the molecule is O=C(Cc1ccccc1)Nc1nnc(N[C@@H]2CC=[N+](c3nnc(NC(=O)Cc4ccccc4)s3)C2)s1. The zero-order chi connectivity index (χ0) is 24.7. The lowest BCUT2D eigenvalue weighted by atomic mass is 10.1. The summed E-state index contributed by atoms with van der Waals surface area (Å²) in [7, 11) is 0. The molecule has 0 spiro atoms. The molecule has 2 aromatic carbocycles. The number of amides is 2. The molecule has 0 radical (unpaired) electrons. The van der Waals surface area contributed by atoms with Gasteiger partial charge in [0.1, 0.15) is 6.54 Å². The largest absolute Gasteiger partial charge is 0.411 e. The van der Waals surface area contributed by atoms with Crippen LogP contribution in [0.3, 0.4) is 0 Å². The maximum atomic E-state index is 12.3. The van der Waals surface area contributed by atoms with Crippen LogP contribution in [0.2, 0.25) is 0 Å². The molecule has 0 saturated carbocycles. The Labute approximate surface area is 215 Å². The molecular formula is C24H23N8O2S2+. The van der Waals surface area contributed by atoms with Crippen molar-refractivity contribution in [1.82, 2.24) is 20.4 Å². The second-order valence-corrected chi connectivity index (χ2v) is 10.1. The highest BCUT2D eigenvalue weighted by atomic mass is 32.1. The van der Waals surface area contributed by atoms with Crippen LogP contribution < -0.4 is 16.0 Å². The molecule has 0 saturated heterocycles. The van der Waals surface area contributed by atoms with Crippen LogP contribution >= 0.6 is 22.7 Å². The van der Waals surface area contributed by atoms with E-state index in [-0.39, 0.29) is 30.7 Å². The second-order valence-electron chi connectivity index (χ2n) is 8.14. The summed E-state index contributed by atoms with van der Waals surface area (Å²) in [6.07, 6.45) is 3.38. The van der Waals surface area contributed by atoms with Crippen LogP contribution in [-0.2, 0) is 22.4 Å². The Hall–Kier alpha value is -4.03. The fourth-order valence-corrected chi connectivity index (χ4v) is 5.18. The first-order valence-electron chi connectivity index (χ1n) is 11.3. The molecule has 1 aliphatic heterocycles. The highest BCUT2D eigenvalue weighted by Gasteiger charge is 2.27. The molecule has 4 aromatic rings. The Bertz CT molecular complexity index is 1370. The van der Waals surface area contributed by atoms with Gasteiger partial charge in [-0.05, 0) is 27.6 Å². The van der Waals surface area contributed by atoms with E-state index >= 15 is 0 Å². The van der Waals surface area contributed by atoms with Crippen molar-refractivity contribution in [3.05, 3.63) is 71.8 Å². The summed E-state index contributed by atoms with van der Waals surface area (Å²) < 4.78 is 2.01. The number of nitrogens with one attached hydrogen (secondary N) is 3. The number of hydrogen-bond acceptors (Lipinski definition) is 9. The first kappa shape index (κ1) is 23.7. The highest BCUT2D eigenvalue weighted by Crippen LogP contribution is 2.26. The van der Waals surface area contributed by atoms with Crippen molar-refractivity contribution in [2.45, 2.75) is 25.3 Å². The van der Waals surface area contributed by atoms with E-state index in [4.69, 9.17) is 0 Å². The lowest BCUT2D eigenvalue weighted by Gasteiger charge is -2.07. The normalized spacial score (nSPS) is 14.8. The molecular weight excluding hydrogens is 496 g/mol. The maximum Gasteiger partial charge on any atom is 0.411 e. The first-order valence-corrected chi connectivity index (χ1v) is 12.9. The average molecular weight is 520 g/mol. The van der Waals surface area contributed by atoms with E-state index in [1.165, 1.54) is 22.7 Å². The minimum atomic E-state index is -0.132. The zero-order valence-electron chi connectivity index (χ0n) is 19.1. The summed E-state index contributed by atoms with van der Waals surface area (Å²) in [5.41, 5.74) is 1.88. The molecule has 0 aliphatic carbocycles. The van der Waals surface area contributed by atoms with Crippen LogP contribution in [0.4, 0.5) is 20.5 Å². The van der Waals surface area contributed by atoms with Crippen LogP contribution in [0.5, 0.6) is 0 Å². The second kappa shape index (κ2) is 11.1. The van der Waals surface area contributed by atoms with Gasteiger partial charge in [-0.2, -0.15) is 0 Å². The number of aromatic nitrogens is 4. The number of carbonyl (C=O) groups excluding carboxylic acids is 2. The molecule has 3 heterocycles. The summed E-state index contributed by atoms with van der Waals surface area (Å²) >= 11 is 2.63. The van der Waals surface area contributed by atoms with Gasteiger partial charge in [0.15, 0.2) is 0 Å². The van der Waals surface area contributed by atoms with Gasteiger partial charge < -0.3 is 10.6 Å². The minimum Gasteiger partial charge on any atom is -0.353 e. The Morgan fingerprint density at radius 1 is 0.778 bits per heavy atom. The monoisotopic (exact) mass is 519 g/mol. The number of carbonyl (C=O) groups is 2. The topological polar surface area (TPSA) is 125 Å². The molecule has 2 amide bonds. The van der Waals surface area contributed by atoms with Crippen molar-refractivity contribution >= 4 is 61.2 Å². The van der Waals surface area contributed by atoms with Gasteiger partial charge in [0.05, 0.1) is 30.2 Å². The van der Waals surface area contributed by atoms with Gasteiger partial charge in [0.25, 0.3) is 0 Å². The smallest absolute Gasteiger partial charge is 0.353 e. The van der Waals surface area contributed by atoms with E-state index in [1.54, 1.807) is 0 Å². The van der Waals surface area contributed by atoms with Crippen LogP contribution in [0.15, 0.2) is 60.7 Å². The average Bonchev–Trinajstić information content (AvgIpc) is 3.62. The van der Waals surface area contributed by atoms with Crippen molar-refractivity contribution in [2.75, 3.05) is 22.5 Å². The molecule has 0 fully saturated rings. The van der Waals surface area contributed by atoms with E-state index in [1.807, 2.05) is 71.5 Å². The van der Waals surface area contributed by atoms with Crippen LogP contribution in [0, 0.1) is 0 Å². The van der Waals surface area contributed by atoms with Gasteiger partial charge >= 0.3 is 5.13 Å². The fourth-order valence-electron chi connectivity index (χ4n) is 3.68. The van der Waals surface area contributed by atoms with E-state index in [0.717, 1.165) is 17.5 Å². The van der Waals surface area contributed by atoms with Crippen molar-refractivity contribution in [1.29, 1.82) is 0 Å². The van der Waals surface area contributed by atoms with Gasteiger partial charge in [-0.25, -0.2) is 4.58 Å². The molecule has 12 heteroatoms. The Morgan fingerprint density at radius 2 is 1.33 bits per heavy atom. The molecule has 1 atom stereocenters. The number of rotatable bonds is 9. The van der Waals surface area contributed by atoms with Gasteiger partial charge in [-0.3, -0.25) is 14.9 Å². The Morgan fingerprint density at radius 3 is 1.97 bits per heavy atom. The highest BCUT2D eigenvalue weighted by molar-refractivity contribution is 7.19. The van der Waals surface area contributed by atoms with E-state index in [2.05, 4.69) is 36.3 Å². The molecule has 10 nitrogen and oxygen atoms in total. The molecule has 0 unspecified atom stereocenters. The predicted octanol–water partition coefficient (Wildman–Crippen LogP) is 3.35. The van der Waals surface area contributed by atoms with Gasteiger partial charge in [0.2, 0.25) is 27.2 Å². The molecule has 36 heavy (non-hydrogen) atoms. The van der Waals surface area contributed by atoms with E-state index < -0.39 is 0 Å². The molecule has 5 rings (SSSR count). The number of anilines is 3. The third kappa shape index (κ3) is 6.34. The van der Waals surface area contributed by atoms with E-state index in [0.29, 0.717) is 27.1 Å². The molecule has 2 aromatic heterocycles. The minimum absolute atomic E-state index is 0.103. The summed E-state index contributed by atoms with van der Waals surface area (Å²) in [4.78, 5) is 24.5. The van der Waals surface area contributed by atoms with Gasteiger partial charge in [-0.15, -0.1) is 10.2 Å². The van der Waals surface area contributed by atoms with Crippen molar-refractivity contribution < 1.29 is 14.2 Å². The lowest BCUT2D eigenvalue weighted by Crippen LogP contribution is -2.22. The zero-order valence-corrected chi connectivity index (χ0v) is 20.8. The number of nitrogens with zero attached hydrogens (tertiary/aromatic N) is 5. The Kier molecular flexibility index (Phi) is 7.33. The van der Waals surface area contributed by atoms with Crippen LogP contribution in [0.25, 0.3) is 0 Å². The summed E-state index contributed by atoms with van der Waals surface area (Å²) in [5, 5.41) is 27.8. The van der Waals surface area contributed by atoms with Gasteiger partial charge in [-0.1, -0.05) is 72.0 Å². The molecule has 1 aliphatic rings. The predicted molar refractivity (Wildman–Crippen MR) is 140 cm³/mol. The van der Waals surface area contributed by atoms with Crippen molar-refractivity contribution in [2.24, 2.45) is 0 Å². The summed E-state index contributed by atoms with van der Waals surface area (Å²) in [5.74, 6) is -0.260. The fraction of sp³-hybridized carbons (Fsp3) is 0.208. The summed E-state index contributed by atoms with van der Waals surface area (Å²) in [6.45, 7) is 0.669. The summed E-state index contributed by atoms with van der Waals surface area (Å²) in [6, 6.07) is 19.2. The first-order chi connectivity index (χ1) is 17.6.